The molecule has 6 heteroatoms. The molecule has 100 valence electrons. The van der Waals surface area contributed by atoms with Crippen LogP contribution in [0.3, 0.4) is 0 Å². The van der Waals surface area contributed by atoms with Crippen LogP contribution in [-0.4, -0.2) is 40.1 Å². The molecule has 2 amide bonds. The minimum atomic E-state index is -1.11. The molecule has 0 radical (unpaired) electrons. The Labute approximate surface area is 111 Å². The topological polar surface area (TPSA) is 82.5 Å². The summed E-state index contributed by atoms with van der Waals surface area (Å²) in [5, 5.41) is 11.4. The van der Waals surface area contributed by atoms with Crippen molar-refractivity contribution in [2.45, 2.75) is 13.0 Å². The SMILES string of the molecule is C#CCN(CC(=O)O)C(=O)NC(C)c1ccncc1. The fourth-order valence-electron chi connectivity index (χ4n) is 1.48. The first-order chi connectivity index (χ1) is 9.04. The second-order valence-electron chi connectivity index (χ2n) is 3.91. The number of pyridine rings is 1. The first kappa shape index (κ1) is 14.5. The Bertz CT molecular complexity index is 482. The second kappa shape index (κ2) is 7.01. The quantitative estimate of drug-likeness (QED) is 0.770. The molecule has 2 N–H and O–H groups in total. The van der Waals surface area contributed by atoms with Crippen molar-refractivity contribution in [1.29, 1.82) is 0 Å². The molecule has 0 aliphatic heterocycles. The van der Waals surface area contributed by atoms with Crippen molar-refractivity contribution in [2.24, 2.45) is 0 Å². The lowest BCUT2D eigenvalue weighted by Gasteiger charge is -2.22. The number of rotatable bonds is 5. The number of aromatic nitrogens is 1. The van der Waals surface area contributed by atoms with Crippen molar-refractivity contribution in [3.8, 4) is 12.3 Å². The highest BCUT2D eigenvalue weighted by Crippen LogP contribution is 2.10. The predicted octanol–water partition coefficient (Wildman–Crippen LogP) is 0.872. The maximum Gasteiger partial charge on any atom is 0.323 e. The Morgan fingerprint density at radius 1 is 1.53 bits per heavy atom. The summed E-state index contributed by atoms with van der Waals surface area (Å²) in [6, 6.07) is 2.77. The van der Waals surface area contributed by atoms with Gasteiger partial charge in [-0.3, -0.25) is 9.78 Å². The van der Waals surface area contributed by atoms with E-state index in [0.29, 0.717) is 0 Å². The largest absolute Gasteiger partial charge is 0.480 e. The molecule has 1 rings (SSSR count). The number of carbonyl (C=O) groups excluding carboxylic acids is 1. The van der Waals surface area contributed by atoms with Crippen LogP contribution in [-0.2, 0) is 4.79 Å². The number of hydrogen-bond acceptors (Lipinski definition) is 3. The average Bonchev–Trinajstić information content (AvgIpc) is 2.38. The molecule has 1 unspecified atom stereocenters. The van der Waals surface area contributed by atoms with E-state index in [1.54, 1.807) is 31.5 Å². The van der Waals surface area contributed by atoms with E-state index < -0.39 is 18.5 Å². The van der Waals surface area contributed by atoms with E-state index in [0.717, 1.165) is 10.5 Å². The minimum absolute atomic E-state index is 0.0544. The maximum atomic E-state index is 11.9. The highest BCUT2D eigenvalue weighted by molar-refractivity contribution is 5.80. The molecule has 0 saturated carbocycles. The molecule has 1 aromatic heterocycles. The lowest BCUT2D eigenvalue weighted by Crippen LogP contribution is -2.43. The van der Waals surface area contributed by atoms with Crippen LogP contribution in [0.25, 0.3) is 0 Å². The molecule has 19 heavy (non-hydrogen) atoms. The normalized spacial score (nSPS) is 11.2. The van der Waals surface area contributed by atoms with Gasteiger partial charge in [-0.1, -0.05) is 5.92 Å². The number of hydrogen-bond donors (Lipinski definition) is 2. The van der Waals surface area contributed by atoms with Gasteiger partial charge in [0.05, 0.1) is 12.6 Å². The summed E-state index contributed by atoms with van der Waals surface area (Å²) in [4.78, 5) is 27.5. The molecular formula is C13H15N3O3. The van der Waals surface area contributed by atoms with Crippen LogP contribution in [0.2, 0.25) is 0 Å². The third kappa shape index (κ3) is 4.68. The van der Waals surface area contributed by atoms with E-state index in [4.69, 9.17) is 11.5 Å². The van der Waals surface area contributed by atoms with Crippen molar-refractivity contribution in [1.82, 2.24) is 15.2 Å². The van der Waals surface area contributed by atoms with Gasteiger partial charge in [0.1, 0.15) is 6.54 Å². The number of carboxylic acid groups (broad SMARTS) is 1. The van der Waals surface area contributed by atoms with Gasteiger partial charge in [-0.25, -0.2) is 4.79 Å². The van der Waals surface area contributed by atoms with Gasteiger partial charge in [-0.15, -0.1) is 6.42 Å². The molecule has 0 aromatic carbocycles. The third-order valence-electron chi connectivity index (χ3n) is 2.44. The summed E-state index contributed by atoms with van der Waals surface area (Å²) >= 11 is 0. The van der Waals surface area contributed by atoms with E-state index >= 15 is 0 Å². The highest BCUT2D eigenvalue weighted by atomic mass is 16.4. The van der Waals surface area contributed by atoms with Gasteiger partial charge in [-0.2, -0.15) is 0 Å². The van der Waals surface area contributed by atoms with Gasteiger partial charge in [-0.05, 0) is 24.6 Å². The Morgan fingerprint density at radius 2 is 2.16 bits per heavy atom. The summed E-state index contributed by atoms with van der Waals surface area (Å²) in [6.45, 7) is 1.31. The molecule has 0 saturated heterocycles. The van der Waals surface area contributed by atoms with E-state index in [2.05, 4.69) is 16.2 Å². The third-order valence-corrected chi connectivity index (χ3v) is 2.44. The molecule has 1 aromatic rings. The van der Waals surface area contributed by atoms with Crippen LogP contribution in [0.15, 0.2) is 24.5 Å². The van der Waals surface area contributed by atoms with Gasteiger partial charge < -0.3 is 15.3 Å². The smallest absolute Gasteiger partial charge is 0.323 e. The van der Waals surface area contributed by atoms with Gasteiger partial charge in [0, 0.05) is 12.4 Å². The van der Waals surface area contributed by atoms with E-state index in [9.17, 15) is 9.59 Å². The minimum Gasteiger partial charge on any atom is -0.480 e. The van der Waals surface area contributed by atoms with Crippen LogP contribution >= 0.6 is 0 Å². The van der Waals surface area contributed by atoms with Crippen LogP contribution in [0, 0.1) is 12.3 Å². The molecule has 0 spiro atoms. The number of nitrogens with one attached hydrogen (secondary N) is 1. The van der Waals surface area contributed by atoms with Gasteiger partial charge in [0.15, 0.2) is 0 Å². The summed E-state index contributed by atoms with van der Waals surface area (Å²) < 4.78 is 0. The molecular weight excluding hydrogens is 246 g/mol. The monoisotopic (exact) mass is 261 g/mol. The van der Waals surface area contributed by atoms with Crippen LogP contribution < -0.4 is 5.32 Å². The zero-order valence-corrected chi connectivity index (χ0v) is 10.5. The Hall–Kier alpha value is -2.55. The van der Waals surface area contributed by atoms with Crippen LogP contribution in [0.5, 0.6) is 0 Å². The molecule has 0 fully saturated rings. The van der Waals surface area contributed by atoms with E-state index in [1.807, 2.05) is 0 Å². The van der Waals surface area contributed by atoms with Gasteiger partial charge >= 0.3 is 12.0 Å². The summed E-state index contributed by atoms with van der Waals surface area (Å²) in [7, 11) is 0. The van der Waals surface area contributed by atoms with Crippen molar-refractivity contribution >= 4 is 12.0 Å². The molecule has 6 nitrogen and oxygen atoms in total. The first-order valence-electron chi connectivity index (χ1n) is 5.65. The number of carbonyl (C=O) groups is 2. The Balaban J connectivity index is 2.66. The second-order valence-corrected chi connectivity index (χ2v) is 3.91. The standard InChI is InChI=1S/C13H15N3O3/c1-3-8-16(9-12(17)18)13(19)15-10(2)11-4-6-14-7-5-11/h1,4-7,10H,8-9H2,2H3,(H,15,19)(H,17,18). The number of aliphatic carboxylic acids is 1. The number of urea groups is 1. The fraction of sp³-hybridized carbons (Fsp3) is 0.308. The van der Waals surface area contributed by atoms with E-state index in [-0.39, 0.29) is 12.6 Å². The zero-order valence-electron chi connectivity index (χ0n) is 10.5. The van der Waals surface area contributed by atoms with Crippen molar-refractivity contribution in [2.75, 3.05) is 13.1 Å². The molecule has 0 aliphatic rings. The van der Waals surface area contributed by atoms with Crippen LogP contribution in [0.4, 0.5) is 4.79 Å². The predicted molar refractivity (Wildman–Crippen MR) is 69.2 cm³/mol. The number of carboxylic acids is 1. The fourth-order valence-corrected chi connectivity index (χ4v) is 1.48. The van der Waals surface area contributed by atoms with Crippen molar-refractivity contribution < 1.29 is 14.7 Å². The lowest BCUT2D eigenvalue weighted by atomic mass is 10.1. The van der Waals surface area contributed by atoms with Crippen LogP contribution in [0.1, 0.15) is 18.5 Å². The number of terminal acetylenes is 1. The van der Waals surface area contributed by atoms with E-state index in [1.165, 1.54) is 0 Å². The molecule has 0 bridgehead atoms. The maximum absolute atomic E-state index is 11.9. The molecule has 0 aliphatic carbocycles. The lowest BCUT2D eigenvalue weighted by molar-refractivity contribution is -0.137. The van der Waals surface area contributed by atoms with Crippen molar-refractivity contribution in [3.05, 3.63) is 30.1 Å². The first-order valence-corrected chi connectivity index (χ1v) is 5.65. The Morgan fingerprint density at radius 3 is 2.68 bits per heavy atom. The van der Waals surface area contributed by atoms with Gasteiger partial charge in [0.25, 0.3) is 0 Å². The zero-order chi connectivity index (χ0) is 14.3. The summed E-state index contributed by atoms with van der Waals surface area (Å²) in [5.74, 6) is 1.15. The number of nitrogens with zero attached hydrogens (tertiary/aromatic N) is 2. The molecule has 1 atom stereocenters. The van der Waals surface area contributed by atoms with Gasteiger partial charge in [0.2, 0.25) is 0 Å². The Kier molecular flexibility index (Phi) is 5.35. The molecule has 1 heterocycles. The summed E-state index contributed by atoms with van der Waals surface area (Å²) in [6.07, 6.45) is 8.35. The average molecular weight is 261 g/mol. The number of amides is 2. The summed E-state index contributed by atoms with van der Waals surface area (Å²) in [5.41, 5.74) is 0.874. The van der Waals surface area contributed by atoms with Crippen molar-refractivity contribution in [3.63, 3.8) is 0 Å². The highest BCUT2D eigenvalue weighted by Gasteiger charge is 2.18.